The van der Waals surface area contributed by atoms with Gasteiger partial charge in [0.05, 0.1) is 18.8 Å². The summed E-state index contributed by atoms with van der Waals surface area (Å²) in [5.74, 6) is -0.267. The van der Waals surface area contributed by atoms with Crippen LogP contribution in [0.15, 0.2) is 30.9 Å². The molecule has 4 N–H and O–H groups in total. The second kappa shape index (κ2) is 8.23. The Kier molecular flexibility index (Phi) is 6.64. The molecule has 21 heavy (non-hydrogen) atoms. The predicted molar refractivity (Wildman–Crippen MR) is 73.8 cm³/mol. The Hall–Kier alpha value is -2.12. The lowest BCUT2D eigenvalue weighted by atomic mass is 10.0. The number of halogens is 1. The van der Waals surface area contributed by atoms with Gasteiger partial charge in [0.1, 0.15) is 18.2 Å². The maximum absolute atomic E-state index is 13.5. The third-order valence-electron chi connectivity index (χ3n) is 2.71. The number of amides is 1. The predicted octanol–water partition coefficient (Wildman–Crippen LogP) is 0.922. The van der Waals surface area contributed by atoms with Crippen LogP contribution in [0.1, 0.15) is 5.56 Å². The molecular formula is C14H18FNO5. The van der Waals surface area contributed by atoms with Crippen LogP contribution >= 0.6 is 0 Å². The summed E-state index contributed by atoms with van der Waals surface area (Å²) in [4.78, 5) is 10.7. The summed E-state index contributed by atoms with van der Waals surface area (Å²) in [6, 6.07) is 2.98. The minimum absolute atomic E-state index is 0.0102. The smallest absolute Gasteiger partial charge is 0.404 e. The van der Waals surface area contributed by atoms with Gasteiger partial charge in [0.25, 0.3) is 0 Å². The van der Waals surface area contributed by atoms with Crippen LogP contribution in [0.4, 0.5) is 9.18 Å². The molecule has 1 rings (SSSR count). The maximum Gasteiger partial charge on any atom is 0.404 e. The topological polar surface area (TPSA) is 99.0 Å². The average Bonchev–Trinajstić information content (AvgIpc) is 2.42. The summed E-state index contributed by atoms with van der Waals surface area (Å²) < 4.78 is 18.7. The zero-order valence-corrected chi connectivity index (χ0v) is 11.3. The second-order valence-electron chi connectivity index (χ2n) is 4.40. The van der Waals surface area contributed by atoms with Crippen molar-refractivity contribution in [3.8, 4) is 5.75 Å². The fourth-order valence-corrected chi connectivity index (χ4v) is 1.80. The zero-order chi connectivity index (χ0) is 15.8. The van der Waals surface area contributed by atoms with Crippen molar-refractivity contribution < 1.29 is 29.2 Å². The molecular weight excluding hydrogens is 281 g/mol. The van der Waals surface area contributed by atoms with E-state index in [0.717, 1.165) is 0 Å². The van der Waals surface area contributed by atoms with Crippen LogP contribution in [-0.2, 0) is 6.42 Å². The van der Waals surface area contributed by atoms with Gasteiger partial charge in [0.15, 0.2) is 0 Å². The lowest BCUT2D eigenvalue weighted by Gasteiger charge is -2.21. The molecule has 1 aromatic carbocycles. The molecule has 0 heterocycles. The lowest BCUT2D eigenvalue weighted by molar-refractivity contribution is 0.0622. The van der Waals surface area contributed by atoms with Crippen LogP contribution in [0.5, 0.6) is 5.75 Å². The highest BCUT2D eigenvalue weighted by atomic mass is 19.1. The molecule has 0 aliphatic carbocycles. The summed E-state index contributed by atoms with van der Waals surface area (Å²) in [6.07, 6.45) is -1.11. The van der Waals surface area contributed by atoms with Crippen molar-refractivity contribution in [2.45, 2.75) is 18.6 Å². The Balaban J connectivity index is 2.88. The van der Waals surface area contributed by atoms with Gasteiger partial charge in [-0.25, -0.2) is 9.18 Å². The van der Waals surface area contributed by atoms with E-state index in [1.54, 1.807) is 0 Å². The molecule has 0 spiro atoms. The largest absolute Gasteiger partial charge is 0.489 e. The molecule has 0 radical (unpaired) electrons. The Morgan fingerprint density at radius 3 is 2.76 bits per heavy atom. The minimum atomic E-state index is -1.34. The normalized spacial score (nSPS) is 13.3. The van der Waals surface area contributed by atoms with E-state index in [1.807, 2.05) is 0 Å². The Morgan fingerprint density at radius 2 is 2.19 bits per heavy atom. The molecule has 6 nitrogen and oxygen atoms in total. The number of hydrogen-bond donors (Lipinski definition) is 4. The van der Waals surface area contributed by atoms with Gasteiger partial charge in [-0.15, -0.1) is 0 Å². The first-order valence-corrected chi connectivity index (χ1v) is 6.27. The van der Waals surface area contributed by atoms with Gasteiger partial charge in [-0.3, -0.25) is 0 Å². The monoisotopic (exact) mass is 299 g/mol. The summed E-state index contributed by atoms with van der Waals surface area (Å²) in [5.41, 5.74) is 0.431. The van der Waals surface area contributed by atoms with E-state index < -0.39 is 30.7 Å². The molecule has 2 atom stereocenters. The van der Waals surface area contributed by atoms with Gasteiger partial charge in [0, 0.05) is 6.07 Å². The van der Waals surface area contributed by atoms with Crippen LogP contribution in [0.3, 0.4) is 0 Å². The van der Waals surface area contributed by atoms with Crippen LogP contribution < -0.4 is 10.1 Å². The second-order valence-corrected chi connectivity index (χ2v) is 4.40. The maximum atomic E-state index is 13.5. The number of aliphatic hydroxyl groups is 2. The first-order chi connectivity index (χ1) is 9.96. The van der Waals surface area contributed by atoms with Crippen molar-refractivity contribution in [2.24, 2.45) is 0 Å². The summed E-state index contributed by atoms with van der Waals surface area (Å²) >= 11 is 0. The van der Waals surface area contributed by atoms with Crippen molar-refractivity contribution in [1.29, 1.82) is 0 Å². The molecule has 0 fully saturated rings. The molecule has 0 bridgehead atoms. The van der Waals surface area contributed by atoms with E-state index in [0.29, 0.717) is 5.56 Å². The first-order valence-electron chi connectivity index (χ1n) is 6.27. The Labute approximate surface area is 121 Å². The third kappa shape index (κ3) is 5.80. The van der Waals surface area contributed by atoms with Gasteiger partial charge in [-0.1, -0.05) is 12.7 Å². The zero-order valence-electron chi connectivity index (χ0n) is 11.3. The van der Waals surface area contributed by atoms with Crippen LogP contribution in [-0.4, -0.2) is 46.8 Å². The van der Waals surface area contributed by atoms with E-state index in [1.165, 1.54) is 24.3 Å². The molecule has 0 aliphatic rings. The van der Waals surface area contributed by atoms with E-state index in [-0.39, 0.29) is 18.8 Å². The number of ether oxygens (including phenoxy) is 1. The highest BCUT2D eigenvalue weighted by Gasteiger charge is 2.21. The molecule has 0 saturated carbocycles. The molecule has 0 aromatic heterocycles. The van der Waals surface area contributed by atoms with Gasteiger partial charge in [-0.05, 0) is 24.1 Å². The molecule has 7 heteroatoms. The number of carboxylic acid groups (broad SMARTS) is 1. The number of benzene rings is 1. The van der Waals surface area contributed by atoms with Crippen molar-refractivity contribution in [2.75, 3.05) is 13.2 Å². The average molecular weight is 299 g/mol. The lowest BCUT2D eigenvalue weighted by Crippen LogP contribution is -2.45. The Morgan fingerprint density at radius 1 is 1.48 bits per heavy atom. The fraction of sp³-hybridized carbons (Fsp3) is 0.357. The molecule has 1 amide bonds. The van der Waals surface area contributed by atoms with E-state index in [4.69, 9.17) is 14.9 Å². The van der Waals surface area contributed by atoms with Crippen molar-refractivity contribution in [3.63, 3.8) is 0 Å². The van der Waals surface area contributed by atoms with Crippen molar-refractivity contribution in [3.05, 3.63) is 42.2 Å². The molecule has 0 saturated heterocycles. The molecule has 1 aromatic rings. The number of nitrogens with one attached hydrogen (secondary N) is 1. The highest BCUT2D eigenvalue weighted by Crippen LogP contribution is 2.18. The number of hydrogen-bond acceptors (Lipinski definition) is 4. The number of rotatable bonds is 8. The highest BCUT2D eigenvalue weighted by molar-refractivity contribution is 5.65. The molecule has 0 aliphatic heterocycles. The Bertz CT molecular complexity index is 494. The van der Waals surface area contributed by atoms with Crippen LogP contribution in [0.2, 0.25) is 0 Å². The quantitative estimate of drug-likeness (QED) is 0.535. The van der Waals surface area contributed by atoms with Gasteiger partial charge < -0.3 is 25.4 Å². The third-order valence-corrected chi connectivity index (χ3v) is 2.71. The van der Waals surface area contributed by atoms with Crippen molar-refractivity contribution in [1.82, 2.24) is 5.32 Å². The summed E-state index contributed by atoms with van der Waals surface area (Å²) in [6.45, 7) is 3.08. The molecule has 2 unspecified atom stereocenters. The van der Waals surface area contributed by atoms with Gasteiger partial charge in [-0.2, -0.15) is 0 Å². The van der Waals surface area contributed by atoms with Gasteiger partial charge in [0.2, 0.25) is 0 Å². The van der Waals surface area contributed by atoms with E-state index in [2.05, 4.69) is 11.9 Å². The van der Waals surface area contributed by atoms with Crippen LogP contribution in [0.25, 0.3) is 0 Å². The molecule has 116 valence electrons. The number of aliphatic hydroxyl groups excluding tert-OH is 2. The minimum Gasteiger partial charge on any atom is -0.489 e. The number of carbonyl (C=O) groups is 1. The summed E-state index contributed by atoms with van der Waals surface area (Å²) in [5, 5.41) is 29.3. The van der Waals surface area contributed by atoms with Crippen LogP contribution in [0, 0.1) is 5.82 Å². The van der Waals surface area contributed by atoms with E-state index in [9.17, 15) is 14.3 Å². The van der Waals surface area contributed by atoms with Gasteiger partial charge >= 0.3 is 6.09 Å². The first kappa shape index (κ1) is 16.9. The standard InChI is InChI=1S/C14H18FNO5/c1-2-3-21-11-5-9(4-10(15)7-11)6-12(13(18)8-17)16-14(19)20/h2,4-5,7,12-13,16-18H,1,3,6,8H2,(H,19,20). The van der Waals surface area contributed by atoms with E-state index >= 15 is 0 Å². The summed E-state index contributed by atoms with van der Waals surface area (Å²) in [7, 11) is 0. The fourth-order valence-electron chi connectivity index (χ4n) is 1.80. The van der Waals surface area contributed by atoms with Crippen molar-refractivity contribution >= 4 is 6.09 Å². The SMILES string of the molecule is C=CCOc1cc(F)cc(CC(NC(=O)O)C(O)CO)c1.